The van der Waals surface area contributed by atoms with Gasteiger partial charge in [-0.25, -0.2) is 4.39 Å². The van der Waals surface area contributed by atoms with Crippen molar-refractivity contribution in [2.24, 2.45) is 0 Å². The number of ketones is 1. The largest absolute Gasteiger partial charge is 0.507 e. The van der Waals surface area contributed by atoms with Gasteiger partial charge in [-0.15, -0.1) is 0 Å². The third kappa shape index (κ3) is 3.95. The molecule has 0 saturated carbocycles. The fourth-order valence-electron chi connectivity index (χ4n) is 3.82. The van der Waals surface area contributed by atoms with Crippen LogP contribution in [-0.2, 0) is 0 Å². The summed E-state index contributed by atoms with van der Waals surface area (Å²) in [6, 6.07) is 17.8. The van der Waals surface area contributed by atoms with E-state index in [-0.39, 0.29) is 28.5 Å². The van der Waals surface area contributed by atoms with Gasteiger partial charge in [0, 0.05) is 16.5 Å². The lowest BCUT2D eigenvalue weighted by Gasteiger charge is -2.06. The number of H-pyrrole nitrogens is 1. The van der Waals surface area contributed by atoms with Gasteiger partial charge in [-0.2, -0.15) is 5.10 Å². The summed E-state index contributed by atoms with van der Waals surface area (Å²) in [7, 11) is 0. The monoisotopic (exact) mass is 469 g/mol. The van der Waals surface area contributed by atoms with Crippen LogP contribution >= 0.6 is 0 Å². The summed E-state index contributed by atoms with van der Waals surface area (Å²) in [6.07, 6.45) is 0. The second-order valence-electron chi connectivity index (χ2n) is 8.19. The number of benzene rings is 3. The molecule has 0 spiro atoms. The number of fused-ring (bicyclic) bond motifs is 1. The van der Waals surface area contributed by atoms with Crippen LogP contribution in [0.25, 0.3) is 22.2 Å². The second kappa shape index (κ2) is 8.57. The van der Waals surface area contributed by atoms with E-state index < -0.39 is 17.5 Å². The number of aromatic hydroxyl groups is 1. The smallest absolute Gasteiger partial charge is 0.273 e. The van der Waals surface area contributed by atoms with Crippen LogP contribution in [0.2, 0.25) is 0 Å². The van der Waals surface area contributed by atoms with Crippen molar-refractivity contribution in [3.8, 4) is 17.0 Å². The summed E-state index contributed by atoms with van der Waals surface area (Å²) in [5, 5.41) is 20.4. The van der Waals surface area contributed by atoms with Crippen LogP contribution in [0.4, 0.5) is 10.1 Å². The molecular weight excluding hydrogens is 449 g/mol. The van der Waals surface area contributed by atoms with Gasteiger partial charge in [-0.05, 0) is 55.3 Å². The van der Waals surface area contributed by atoms with Gasteiger partial charge in [0.1, 0.15) is 22.8 Å². The number of rotatable bonds is 5. The summed E-state index contributed by atoms with van der Waals surface area (Å²) in [4.78, 5) is 26.3. The number of amides is 1. The number of furan rings is 1. The van der Waals surface area contributed by atoms with Gasteiger partial charge < -0.3 is 14.8 Å². The van der Waals surface area contributed by atoms with Gasteiger partial charge in [0.15, 0.2) is 5.76 Å². The van der Waals surface area contributed by atoms with Gasteiger partial charge >= 0.3 is 0 Å². The molecule has 3 N–H and O–H groups in total. The number of phenols is 1. The van der Waals surface area contributed by atoms with E-state index in [0.29, 0.717) is 33.4 Å². The van der Waals surface area contributed by atoms with E-state index in [1.165, 1.54) is 18.2 Å². The topological polar surface area (TPSA) is 108 Å². The molecule has 35 heavy (non-hydrogen) atoms. The van der Waals surface area contributed by atoms with Crippen molar-refractivity contribution in [1.82, 2.24) is 10.2 Å². The molecule has 0 aliphatic rings. The summed E-state index contributed by atoms with van der Waals surface area (Å²) in [5.74, 6) is -1.68. The van der Waals surface area contributed by atoms with E-state index in [1.807, 2.05) is 0 Å². The minimum absolute atomic E-state index is 0.0741. The lowest BCUT2D eigenvalue weighted by Crippen LogP contribution is -2.15. The van der Waals surface area contributed by atoms with Crippen LogP contribution in [0.15, 0.2) is 71.1 Å². The maximum Gasteiger partial charge on any atom is 0.273 e. The first-order valence-electron chi connectivity index (χ1n) is 10.8. The van der Waals surface area contributed by atoms with Crippen molar-refractivity contribution in [1.29, 1.82) is 0 Å². The first-order chi connectivity index (χ1) is 16.8. The molecule has 5 rings (SSSR count). The average Bonchev–Trinajstić information content (AvgIpc) is 3.48. The molecule has 7 nitrogen and oxygen atoms in total. The lowest BCUT2D eigenvalue weighted by atomic mass is 10.0. The first kappa shape index (κ1) is 22.1. The maximum atomic E-state index is 14.1. The number of aromatic amines is 1. The van der Waals surface area contributed by atoms with Crippen molar-refractivity contribution >= 4 is 28.3 Å². The lowest BCUT2D eigenvalue weighted by molar-refractivity contribution is 0.101. The molecule has 0 aliphatic carbocycles. The number of aryl methyl sites for hydroxylation is 2. The molecule has 0 radical (unpaired) electrons. The zero-order valence-electron chi connectivity index (χ0n) is 18.8. The SMILES string of the molecule is Cc1ccc(C(=O)c2oc3ccccc3c2NC(=O)c2cc(-c3cccc(C)c3O)n[nH]2)cc1F. The molecule has 5 aromatic rings. The number of para-hydroxylation sites is 2. The predicted molar refractivity (Wildman–Crippen MR) is 129 cm³/mol. The Bertz CT molecular complexity index is 1620. The zero-order chi connectivity index (χ0) is 24.7. The van der Waals surface area contributed by atoms with E-state index in [0.717, 1.165) is 6.07 Å². The van der Waals surface area contributed by atoms with Crippen molar-refractivity contribution in [2.45, 2.75) is 13.8 Å². The summed E-state index contributed by atoms with van der Waals surface area (Å²) in [5.41, 5.74) is 2.74. The van der Waals surface area contributed by atoms with Crippen LogP contribution in [0, 0.1) is 19.7 Å². The Kier molecular flexibility index (Phi) is 5.41. The van der Waals surface area contributed by atoms with E-state index in [1.54, 1.807) is 56.3 Å². The van der Waals surface area contributed by atoms with E-state index in [4.69, 9.17) is 4.42 Å². The molecule has 0 saturated heterocycles. The number of carbonyl (C=O) groups is 2. The van der Waals surface area contributed by atoms with E-state index in [9.17, 15) is 19.1 Å². The number of hydrogen-bond acceptors (Lipinski definition) is 5. The van der Waals surface area contributed by atoms with E-state index >= 15 is 0 Å². The quantitative estimate of drug-likeness (QED) is 0.283. The Hall–Kier alpha value is -4.72. The van der Waals surface area contributed by atoms with Crippen LogP contribution in [-0.4, -0.2) is 27.0 Å². The highest BCUT2D eigenvalue weighted by Gasteiger charge is 2.25. The second-order valence-corrected chi connectivity index (χ2v) is 8.19. The highest BCUT2D eigenvalue weighted by Crippen LogP contribution is 2.34. The molecule has 0 bridgehead atoms. The van der Waals surface area contributed by atoms with Crippen LogP contribution < -0.4 is 5.32 Å². The number of nitrogens with one attached hydrogen (secondary N) is 2. The van der Waals surface area contributed by atoms with Crippen molar-refractivity contribution in [2.75, 3.05) is 5.32 Å². The highest BCUT2D eigenvalue weighted by molar-refractivity contribution is 6.18. The van der Waals surface area contributed by atoms with Crippen molar-refractivity contribution in [3.05, 3.63) is 101 Å². The van der Waals surface area contributed by atoms with Gasteiger partial charge in [0.2, 0.25) is 5.78 Å². The number of anilines is 1. The molecule has 8 heteroatoms. The van der Waals surface area contributed by atoms with Gasteiger partial charge in [0.25, 0.3) is 5.91 Å². The molecule has 3 aromatic carbocycles. The molecule has 2 aromatic heterocycles. The molecule has 174 valence electrons. The molecule has 0 unspecified atom stereocenters. The van der Waals surface area contributed by atoms with E-state index in [2.05, 4.69) is 15.5 Å². The third-order valence-electron chi connectivity index (χ3n) is 5.81. The van der Waals surface area contributed by atoms with Crippen LogP contribution in [0.1, 0.15) is 37.7 Å². The van der Waals surface area contributed by atoms with Crippen molar-refractivity contribution < 1.29 is 23.5 Å². The molecule has 2 heterocycles. The average molecular weight is 469 g/mol. The standard InChI is InChI=1S/C27H20FN3O4/c1-14-10-11-16(12-19(14)28)25(33)26-23(18-7-3-4-9-22(18)35-26)29-27(34)21-13-20(30-31-21)17-8-5-6-15(2)24(17)32/h3-13,32H,1-2H3,(H,29,34)(H,30,31). The van der Waals surface area contributed by atoms with Crippen molar-refractivity contribution in [3.63, 3.8) is 0 Å². The third-order valence-corrected chi connectivity index (χ3v) is 5.81. The minimum Gasteiger partial charge on any atom is -0.507 e. The Morgan fingerprint density at radius 1 is 1.00 bits per heavy atom. The fraction of sp³-hybridized carbons (Fsp3) is 0.0741. The molecule has 1 amide bonds. The minimum atomic E-state index is -0.564. The van der Waals surface area contributed by atoms with Gasteiger partial charge in [-0.3, -0.25) is 14.7 Å². The van der Waals surface area contributed by atoms with Crippen LogP contribution in [0.3, 0.4) is 0 Å². The summed E-state index contributed by atoms with van der Waals surface area (Å²) >= 11 is 0. The number of aromatic nitrogens is 2. The molecule has 0 aliphatic heterocycles. The van der Waals surface area contributed by atoms with Gasteiger partial charge in [-0.1, -0.05) is 36.4 Å². The Labute approximate surface area is 199 Å². The first-order valence-corrected chi connectivity index (χ1v) is 10.8. The predicted octanol–water partition coefficient (Wildman–Crippen LogP) is 5.77. The Morgan fingerprint density at radius 3 is 2.60 bits per heavy atom. The number of nitrogens with zero attached hydrogens (tertiary/aromatic N) is 1. The zero-order valence-corrected chi connectivity index (χ0v) is 18.8. The maximum absolute atomic E-state index is 14.1. The Balaban J connectivity index is 1.51. The molecule has 0 fully saturated rings. The summed E-state index contributed by atoms with van der Waals surface area (Å²) < 4.78 is 19.9. The van der Waals surface area contributed by atoms with Crippen LogP contribution in [0.5, 0.6) is 5.75 Å². The Morgan fingerprint density at radius 2 is 1.80 bits per heavy atom. The summed E-state index contributed by atoms with van der Waals surface area (Å²) in [6.45, 7) is 3.37. The van der Waals surface area contributed by atoms with Gasteiger partial charge in [0.05, 0.1) is 11.4 Å². The normalized spacial score (nSPS) is 11.1. The molecular formula is C27H20FN3O4. The number of hydrogen-bond donors (Lipinski definition) is 3. The molecule has 0 atom stereocenters. The number of phenolic OH excluding ortho intramolecular Hbond substituents is 1. The highest BCUT2D eigenvalue weighted by atomic mass is 19.1. The number of carbonyl (C=O) groups excluding carboxylic acids is 2. The number of halogens is 1. The fourth-order valence-corrected chi connectivity index (χ4v) is 3.82.